The first-order chi connectivity index (χ1) is 13.5. The van der Waals surface area contributed by atoms with E-state index in [1.165, 1.54) is 0 Å². The van der Waals surface area contributed by atoms with Crippen LogP contribution in [-0.2, 0) is 17.7 Å². The average molecular weight is 380 g/mol. The van der Waals surface area contributed by atoms with Crippen molar-refractivity contribution in [2.45, 2.75) is 32.9 Å². The molecule has 0 saturated heterocycles. The monoisotopic (exact) mass is 380 g/mol. The van der Waals surface area contributed by atoms with Crippen molar-refractivity contribution in [3.8, 4) is 5.75 Å². The quantitative estimate of drug-likeness (QED) is 0.708. The molecule has 0 unspecified atom stereocenters. The Labute approximate surface area is 163 Å². The highest BCUT2D eigenvalue weighted by Crippen LogP contribution is 2.30. The molecule has 1 aliphatic heterocycles. The number of anilines is 2. The van der Waals surface area contributed by atoms with E-state index in [0.29, 0.717) is 13.1 Å². The minimum absolute atomic E-state index is 0.128. The van der Waals surface area contributed by atoms with Crippen molar-refractivity contribution in [3.63, 3.8) is 0 Å². The molecular weight excluding hydrogens is 356 g/mol. The van der Waals surface area contributed by atoms with Crippen LogP contribution in [0.4, 0.5) is 16.2 Å². The van der Waals surface area contributed by atoms with Crippen molar-refractivity contribution in [3.05, 3.63) is 47.8 Å². The van der Waals surface area contributed by atoms with E-state index in [0.717, 1.165) is 45.8 Å². The summed E-state index contributed by atoms with van der Waals surface area (Å²) < 4.78 is 10.6. The van der Waals surface area contributed by atoms with Crippen LogP contribution in [0.1, 0.15) is 25.1 Å². The van der Waals surface area contributed by atoms with Gasteiger partial charge in [-0.2, -0.15) is 0 Å². The van der Waals surface area contributed by atoms with Crippen molar-refractivity contribution >= 4 is 28.5 Å². The lowest BCUT2D eigenvalue weighted by atomic mass is 10.1. The number of rotatable bonds is 4. The Balaban J connectivity index is 1.61. The highest BCUT2D eigenvalue weighted by Gasteiger charge is 2.26. The molecule has 0 fully saturated rings. The molecule has 2 N–H and O–H groups in total. The Hall–Kier alpha value is -3.22. The van der Waals surface area contributed by atoms with E-state index in [2.05, 4.69) is 21.4 Å². The molecular formula is C21H24N4O3. The molecule has 3 heterocycles. The van der Waals surface area contributed by atoms with Gasteiger partial charge >= 0.3 is 6.09 Å². The second kappa shape index (κ2) is 7.42. The Morgan fingerprint density at radius 2 is 2.14 bits per heavy atom. The van der Waals surface area contributed by atoms with Crippen LogP contribution in [0.25, 0.3) is 11.0 Å². The van der Waals surface area contributed by atoms with E-state index in [4.69, 9.17) is 9.47 Å². The minimum Gasteiger partial charge on any atom is -0.497 e. The lowest BCUT2D eigenvalue weighted by Gasteiger charge is -2.27. The summed E-state index contributed by atoms with van der Waals surface area (Å²) in [4.78, 5) is 22.0. The van der Waals surface area contributed by atoms with Crippen LogP contribution in [0, 0.1) is 0 Å². The first kappa shape index (κ1) is 18.2. The maximum absolute atomic E-state index is 12.3. The average Bonchev–Trinajstić information content (AvgIpc) is 3.05. The number of carbonyl (C=O) groups is 1. The van der Waals surface area contributed by atoms with Gasteiger partial charge in [0.05, 0.1) is 31.6 Å². The van der Waals surface area contributed by atoms with E-state index < -0.39 is 0 Å². The maximum atomic E-state index is 12.3. The second-order valence-corrected chi connectivity index (χ2v) is 7.16. The lowest BCUT2D eigenvalue weighted by Crippen LogP contribution is -2.37. The van der Waals surface area contributed by atoms with E-state index in [1.807, 2.05) is 38.1 Å². The lowest BCUT2D eigenvalue weighted by molar-refractivity contribution is 0.0730. The number of ether oxygens (including phenoxy) is 2. The number of methoxy groups -OCH3 is 1. The van der Waals surface area contributed by atoms with Gasteiger partial charge in [-0.1, -0.05) is 6.07 Å². The smallest absolute Gasteiger partial charge is 0.410 e. The standard InChI is InChI=1S/C21H24N4O3/c1-13(2)28-21(26)25-8-7-19-18(12-25)17-10-15(11-22-20(17)24-19)23-14-5-4-6-16(9-14)27-3/h4-6,9-11,13,23H,7-8,12H2,1-3H3,(H,22,24). The zero-order chi connectivity index (χ0) is 19.7. The summed E-state index contributed by atoms with van der Waals surface area (Å²) in [6, 6.07) is 9.81. The fraction of sp³-hybridized carbons (Fsp3) is 0.333. The van der Waals surface area contributed by atoms with Crippen LogP contribution in [0.15, 0.2) is 36.5 Å². The van der Waals surface area contributed by atoms with Crippen molar-refractivity contribution in [2.75, 3.05) is 19.0 Å². The van der Waals surface area contributed by atoms with Gasteiger partial charge in [0.1, 0.15) is 11.4 Å². The number of carbonyl (C=O) groups excluding carboxylic acids is 1. The zero-order valence-electron chi connectivity index (χ0n) is 16.3. The highest BCUT2D eigenvalue weighted by molar-refractivity contribution is 5.86. The third-order valence-electron chi connectivity index (χ3n) is 4.78. The third kappa shape index (κ3) is 3.60. The Bertz CT molecular complexity index is 1010. The summed E-state index contributed by atoms with van der Waals surface area (Å²) in [6.45, 7) is 4.88. The predicted octanol–water partition coefficient (Wildman–Crippen LogP) is 4.22. The normalized spacial score (nSPS) is 13.5. The summed E-state index contributed by atoms with van der Waals surface area (Å²) in [5.41, 5.74) is 4.87. The molecule has 0 atom stereocenters. The molecule has 0 saturated carbocycles. The fourth-order valence-electron chi connectivity index (χ4n) is 3.45. The third-order valence-corrected chi connectivity index (χ3v) is 4.78. The number of H-pyrrole nitrogens is 1. The van der Waals surface area contributed by atoms with Crippen LogP contribution in [-0.4, -0.2) is 40.7 Å². The SMILES string of the molecule is COc1cccc(Nc2cnc3[nH]c4c(c3c2)CN(C(=O)OC(C)C)CC4)c1. The number of fused-ring (bicyclic) bond motifs is 3. The van der Waals surface area contributed by atoms with E-state index in [9.17, 15) is 4.79 Å². The van der Waals surface area contributed by atoms with E-state index in [-0.39, 0.29) is 12.2 Å². The molecule has 4 rings (SSSR count). The zero-order valence-corrected chi connectivity index (χ0v) is 16.3. The summed E-state index contributed by atoms with van der Waals surface area (Å²) in [5, 5.41) is 4.38. The topological polar surface area (TPSA) is 79.5 Å². The largest absolute Gasteiger partial charge is 0.497 e. The molecule has 1 amide bonds. The number of nitrogens with one attached hydrogen (secondary N) is 2. The van der Waals surface area contributed by atoms with Crippen molar-refractivity contribution in [1.82, 2.24) is 14.9 Å². The van der Waals surface area contributed by atoms with Crippen LogP contribution >= 0.6 is 0 Å². The summed E-state index contributed by atoms with van der Waals surface area (Å²) in [5.74, 6) is 0.789. The van der Waals surface area contributed by atoms with Gasteiger partial charge in [0.25, 0.3) is 0 Å². The van der Waals surface area contributed by atoms with Gasteiger partial charge in [0, 0.05) is 41.4 Å². The molecule has 3 aromatic rings. The number of nitrogens with zero attached hydrogens (tertiary/aromatic N) is 2. The van der Waals surface area contributed by atoms with Crippen molar-refractivity contribution < 1.29 is 14.3 Å². The van der Waals surface area contributed by atoms with Gasteiger partial charge in [-0.25, -0.2) is 9.78 Å². The van der Waals surface area contributed by atoms with Gasteiger partial charge in [-0.05, 0) is 32.0 Å². The molecule has 0 aliphatic carbocycles. The number of hydrogen-bond acceptors (Lipinski definition) is 5. The molecule has 7 heteroatoms. The van der Waals surface area contributed by atoms with Crippen molar-refractivity contribution in [1.29, 1.82) is 0 Å². The van der Waals surface area contributed by atoms with Gasteiger partial charge in [0.2, 0.25) is 0 Å². The highest BCUT2D eigenvalue weighted by atomic mass is 16.6. The summed E-state index contributed by atoms with van der Waals surface area (Å²) in [7, 11) is 1.65. The first-order valence-electron chi connectivity index (χ1n) is 9.39. The fourth-order valence-corrected chi connectivity index (χ4v) is 3.45. The Kier molecular flexibility index (Phi) is 4.81. The predicted molar refractivity (Wildman–Crippen MR) is 108 cm³/mol. The molecule has 1 aromatic carbocycles. The molecule has 0 bridgehead atoms. The van der Waals surface area contributed by atoms with Crippen LogP contribution in [0.2, 0.25) is 0 Å². The first-order valence-corrected chi connectivity index (χ1v) is 9.39. The van der Waals surface area contributed by atoms with Gasteiger partial charge in [0.15, 0.2) is 0 Å². The van der Waals surface area contributed by atoms with Crippen LogP contribution in [0.5, 0.6) is 5.75 Å². The van der Waals surface area contributed by atoms with Crippen LogP contribution < -0.4 is 10.1 Å². The number of amides is 1. The molecule has 28 heavy (non-hydrogen) atoms. The molecule has 0 radical (unpaired) electrons. The molecule has 146 valence electrons. The number of benzene rings is 1. The Morgan fingerprint density at radius 1 is 1.29 bits per heavy atom. The summed E-state index contributed by atoms with van der Waals surface area (Å²) >= 11 is 0. The van der Waals surface area contributed by atoms with Gasteiger partial charge in [-0.15, -0.1) is 0 Å². The summed E-state index contributed by atoms with van der Waals surface area (Å²) in [6.07, 6.45) is 2.16. The number of hydrogen-bond donors (Lipinski definition) is 2. The Morgan fingerprint density at radius 3 is 2.93 bits per heavy atom. The van der Waals surface area contributed by atoms with Crippen molar-refractivity contribution in [2.24, 2.45) is 0 Å². The molecule has 2 aromatic heterocycles. The second-order valence-electron chi connectivity index (χ2n) is 7.16. The van der Waals surface area contributed by atoms with Gasteiger partial charge in [-0.3, -0.25) is 0 Å². The van der Waals surface area contributed by atoms with E-state index in [1.54, 1.807) is 18.2 Å². The number of aromatic nitrogens is 2. The minimum atomic E-state index is -0.270. The maximum Gasteiger partial charge on any atom is 0.410 e. The van der Waals surface area contributed by atoms with Gasteiger partial charge < -0.3 is 24.7 Å². The number of aromatic amines is 1. The number of pyridine rings is 1. The molecule has 0 spiro atoms. The van der Waals surface area contributed by atoms with E-state index >= 15 is 0 Å². The molecule has 1 aliphatic rings. The van der Waals surface area contributed by atoms with Crippen LogP contribution in [0.3, 0.4) is 0 Å². The molecule has 7 nitrogen and oxygen atoms in total.